The third kappa shape index (κ3) is 5.16. The summed E-state index contributed by atoms with van der Waals surface area (Å²) in [6, 6.07) is 3.15. The van der Waals surface area contributed by atoms with Gasteiger partial charge in [-0.05, 0) is 51.7 Å². The molecule has 24 heavy (non-hydrogen) atoms. The molecule has 0 aliphatic carbocycles. The van der Waals surface area contributed by atoms with Gasteiger partial charge in [0.15, 0.2) is 0 Å². The molecule has 0 radical (unpaired) electrons. The lowest BCUT2D eigenvalue weighted by Gasteiger charge is -2.36. The van der Waals surface area contributed by atoms with Gasteiger partial charge in [-0.25, -0.2) is 9.18 Å². The van der Waals surface area contributed by atoms with E-state index in [4.69, 9.17) is 9.47 Å². The molecule has 2 heterocycles. The number of rotatable bonds is 4. The van der Waals surface area contributed by atoms with E-state index < -0.39 is 5.60 Å². The van der Waals surface area contributed by atoms with Gasteiger partial charge in [0.2, 0.25) is 0 Å². The van der Waals surface area contributed by atoms with Crippen LogP contribution in [-0.2, 0) is 9.47 Å². The number of hydrogen-bond donors (Lipinski definition) is 0. The Bertz CT molecular complexity index is 534. The molecule has 1 aliphatic heterocycles. The van der Waals surface area contributed by atoms with Gasteiger partial charge in [-0.2, -0.15) is 0 Å². The smallest absolute Gasteiger partial charge is 0.410 e. The number of piperidine rings is 1. The first kappa shape index (κ1) is 18.6. The van der Waals surface area contributed by atoms with Gasteiger partial charge in [0.05, 0.1) is 12.8 Å². The van der Waals surface area contributed by atoms with Gasteiger partial charge >= 0.3 is 6.09 Å². The molecule has 6 heteroatoms. The van der Waals surface area contributed by atoms with Crippen LogP contribution in [0.25, 0.3) is 0 Å². The standard InChI is InChI=1S/C18H27FN2O3/c1-18(2,3)24-17(22)21-9-7-13(8-10-21)15(12-23-4)16-6-5-14(19)11-20-16/h5-6,11,13,15H,7-10,12H2,1-4H3. The van der Waals surface area contributed by atoms with Crippen LogP contribution in [0.1, 0.15) is 45.2 Å². The molecule has 0 bridgehead atoms. The van der Waals surface area contributed by atoms with E-state index in [2.05, 4.69) is 4.98 Å². The fourth-order valence-electron chi connectivity index (χ4n) is 3.06. The fourth-order valence-corrected chi connectivity index (χ4v) is 3.06. The Kier molecular flexibility index (Phi) is 6.15. The summed E-state index contributed by atoms with van der Waals surface area (Å²) in [4.78, 5) is 18.1. The van der Waals surface area contributed by atoms with Crippen LogP contribution >= 0.6 is 0 Å². The van der Waals surface area contributed by atoms with Crippen LogP contribution < -0.4 is 0 Å². The monoisotopic (exact) mass is 338 g/mol. The number of carbonyl (C=O) groups excluding carboxylic acids is 1. The van der Waals surface area contributed by atoms with Crippen molar-refractivity contribution in [1.29, 1.82) is 0 Å². The molecule has 1 aromatic heterocycles. The normalized spacial score (nSPS) is 17.6. The van der Waals surface area contributed by atoms with E-state index in [0.29, 0.717) is 25.6 Å². The van der Waals surface area contributed by atoms with E-state index in [1.54, 1.807) is 18.1 Å². The van der Waals surface area contributed by atoms with Crippen molar-refractivity contribution in [2.24, 2.45) is 5.92 Å². The van der Waals surface area contributed by atoms with E-state index in [1.807, 2.05) is 20.8 Å². The summed E-state index contributed by atoms with van der Waals surface area (Å²) in [6.07, 6.45) is 2.69. The van der Waals surface area contributed by atoms with E-state index in [9.17, 15) is 9.18 Å². The largest absolute Gasteiger partial charge is 0.444 e. The second-order valence-corrected chi connectivity index (χ2v) is 7.27. The van der Waals surface area contributed by atoms with Crippen LogP contribution in [0.5, 0.6) is 0 Å². The second kappa shape index (κ2) is 7.92. The lowest BCUT2D eigenvalue weighted by molar-refractivity contribution is 0.0158. The predicted molar refractivity (Wildman–Crippen MR) is 89.3 cm³/mol. The fraction of sp³-hybridized carbons (Fsp3) is 0.667. The number of amides is 1. The Balaban J connectivity index is 1.98. The zero-order valence-corrected chi connectivity index (χ0v) is 14.9. The molecule has 5 nitrogen and oxygen atoms in total. The first-order chi connectivity index (χ1) is 11.3. The van der Waals surface area contributed by atoms with Crippen molar-refractivity contribution in [1.82, 2.24) is 9.88 Å². The predicted octanol–water partition coefficient (Wildman–Crippen LogP) is 3.60. The minimum absolute atomic E-state index is 0.108. The molecule has 1 aliphatic rings. The van der Waals surface area contributed by atoms with Crippen LogP contribution in [0.3, 0.4) is 0 Å². The molecule has 0 aromatic carbocycles. The molecule has 1 aromatic rings. The average molecular weight is 338 g/mol. The summed E-state index contributed by atoms with van der Waals surface area (Å²) >= 11 is 0. The summed E-state index contributed by atoms with van der Waals surface area (Å²) in [7, 11) is 1.66. The van der Waals surface area contributed by atoms with Crippen molar-refractivity contribution in [3.05, 3.63) is 29.8 Å². The summed E-state index contributed by atoms with van der Waals surface area (Å²) in [5.41, 5.74) is 0.360. The minimum Gasteiger partial charge on any atom is -0.444 e. The maximum Gasteiger partial charge on any atom is 0.410 e. The lowest BCUT2D eigenvalue weighted by atomic mass is 9.82. The van der Waals surface area contributed by atoms with Crippen LogP contribution in [0.2, 0.25) is 0 Å². The number of methoxy groups -OCH3 is 1. The Labute approximate surface area is 143 Å². The highest BCUT2D eigenvalue weighted by Crippen LogP contribution is 2.32. The number of halogens is 1. The molecule has 134 valence electrons. The molecule has 0 saturated carbocycles. The highest BCUT2D eigenvalue weighted by atomic mass is 19.1. The topological polar surface area (TPSA) is 51.7 Å². The molecule has 1 saturated heterocycles. The summed E-state index contributed by atoms with van der Waals surface area (Å²) in [5, 5.41) is 0. The van der Waals surface area contributed by atoms with Crippen LogP contribution in [0, 0.1) is 11.7 Å². The highest BCUT2D eigenvalue weighted by molar-refractivity contribution is 5.68. The molecule has 1 amide bonds. The second-order valence-electron chi connectivity index (χ2n) is 7.27. The third-order valence-corrected chi connectivity index (χ3v) is 4.24. The molecule has 1 atom stereocenters. The van der Waals surface area contributed by atoms with Gasteiger partial charge in [-0.15, -0.1) is 0 Å². The lowest BCUT2D eigenvalue weighted by Crippen LogP contribution is -2.43. The van der Waals surface area contributed by atoms with Crippen molar-refractivity contribution in [2.75, 3.05) is 26.8 Å². The number of hydrogen-bond acceptors (Lipinski definition) is 4. The van der Waals surface area contributed by atoms with Crippen molar-refractivity contribution < 1.29 is 18.7 Å². The molecule has 0 spiro atoms. The maximum absolute atomic E-state index is 13.1. The molecular weight excluding hydrogens is 311 g/mol. The van der Waals surface area contributed by atoms with Gasteiger partial charge in [0, 0.05) is 31.8 Å². The minimum atomic E-state index is -0.482. The van der Waals surface area contributed by atoms with E-state index in [-0.39, 0.29) is 17.8 Å². The van der Waals surface area contributed by atoms with Crippen molar-refractivity contribution >= 4 is 6.09 Å². The van der Waals surface area contributed by atoms with Crippen molar-refractivity contribution in [3.8, 4) is 0 Å². The van der Waals surface area contributed by atoms with Gasteiger partial charge in [0.25, 0.3) is 0 Å². The van der Waals surface area contributed by atoms with Crippen molar-refractivity contribution in [3.63, 3.8) is 0 Å². The highest BCUT2D eigenvalue weighted by Gasteiger charge is 2.31. The number of aromatic nitrogens is 1. The molecule has 1 unspecified atom stereocenters. The van der Waals surface area contributed by atoms with Crippen LogP contribution in [-0.4, -0.2) is 48.4 Å². The zero-order valence-electron chi connectivity index (χ0n) is 14.9. The third-order valence-electron chi connectivity index (χ3n) is 4.24. The Morgan fingerprint density at radius 3 is 2.54 bits per heavy atom. The van der Waals surface area contributed by atoms with Crippen LogP contribution in [0.4, 0.5) is 9.18 Å². The summed E-state index contributed by atoms with van der Waals surface area (Å²) in [5.74, 6) is 0.118. The molecule has 0 N–H and O–H groups in total. The average Bonchev–Trinajstić information content (AvgIpc) is 2.52. The number of pyridine rings is 1. The first-order valence-electron chi connectivity index (χ1n) is 8.38. The summed E-state index contributed by atoms with van der Waals surface area (Å²) < 4.78 is 23.9. The SMILES string of the molecule is COCC(c1ccc(F)cn1)C1CCN(C(=O)OC(C)(C)C)CC1. The molecular formula is C18H27FN2O3. The van der Waals surface area contributed by atoms with Gasteiger partial charge in [-0.3, -0.25) is 4.98 Å². The Morgan fingerprint density at radius 2 is 2.04 bits per heavy atom. The number of ether oxygens (including phenoxy) is 2. The number of nitrogens with zero attached hydrogens (tertiary/aromatic N) is 2. The van der Waals surface area contributed by atoms with Crippen LogP contribution in [0.15, 0.2) is 18.3 Å². The maximum atomic E-state index is 13.1. The Hall–Kier alpha value is -1.69. The van der Waals surface area contributed by atoms with Gasteiger partial charge in [0.1, 0.15) is 11.4 Å². The molecule has 1 fully saturated rings. The van der Waals surface area contributed by atoms with Gasteiger partial charge in [-0.1, -0.05) is 0 Å². The zero-order chi connectivity index (χ0) is 17.7. The first-order valence-corrected chi connectivity index (χ1v) is 8.38. The van der Waals surface area contributed by atoms with Gasteiger partial charge < -0.3 is 14.4 Å². The van der Waals surface area contributed by atoms with E-state index >= 15 is 0 Å². The Morgan fingerprint density at radius 1 is 1.38 bits per heavy atom. The molecule has 2 rings (SSSR count). The van der Waals surface area contributed by atoms with Crippen molar-refractivity contribution in [2.45, 2.75) is 45.1 Å². The van der Waals surface area contributed by atoms with E-state index in [0.717, 1.165) is 18.5 Å². The summed E-state index contributed by atoms with van der Waals surface area (Å²) in [6.45, 7) is 7.45. The quantitative estimate of drug-likeness (QED) is 0.842. The number of carbonyl (C=O) groups is 1. The number of likely N-dealkylation sites (tertiary alicyclic amines) is 1. The van der Waals surface area contributed by atoms with E-state index in [1.165, 1.54) is 12.3 Å².